The summed E-state index contributed by atoms with van der Waals surface area (Å²) in [7, 11) is 1.61. The van der Waals surface area contributed by atoms with Crippen molar-refractivity contribution in [3.05, 3.63) is 29.8 Å². The summed E-state index contributed by atoms with van der Waals surface area (Å²) in [5.41, 5.74) is 1.03. The first-order chi connectivity index (χ1) is 16.0. The van der Waals surface area contributed by atoms with Crippen molar-refractivity contribution in [2.75, 3.05) is 33.3 Å². The maximum Gasteiger partial charge on any atom is 0.324 e. The molecule has 0 bridgehead atoms. The lowest BCUT2D eigenvalue weighted by Gasteiger charge is -2.44. The van der Waals surface area contributed by atoms with Crippen LogP contribution in [0.25, 0.3) is 0 Å². The second kappa shape index (κ2) is 11.0. The molecule has 33 heavy (non-hydrogen) atoms. The molecule has 4 amide bonds. The summed E-state index contributed by atoms with van der Waals surface area (Å²) in [6.45, 7) is 3.40. The van der Waals surface area contributed by atoms with Crippen molar-refractivity contribution in [3.8, 4) is 5.75 Å². The summed E-state index contributed by atoms with van der Waals surface area (Å²) in [5, 5.41) is 5.83. The van der Waals surface area contributed by atoms with Crippen molar-refractivity contribution < 1.29 is 19.1 Å². The van der Waals surface area contributed by atoms with Crippen LogP contribution in [0.1, 0.15) is 50.5 Å². The van der Waals surface area contributed by atoms with Gasteiger partial charge in [-0.1, -0.05) is 18.6 Å². The van der Waals surface area contributed by atoms with Crippen molar-refractivity contribution in [2.24, 2.45) is 5.92 Å². The third kappa shape index (κ3) is 5.85. The van der Waals surface area contributed by atoms with Gasteiger partial charge >= 0.3 is 6.03 Å². The number of imide groups is 1. The molecule has 3 atom stereocenters. The van der Waals surface area contributed by atoms with E-state index in [1.165, 1.54) is 50.1 Å². The minimum Gasteiger partial charge on any atom is -0.497 e. The number of carbonyl (C=O) groups is 3. The van der Waals surface area contributed by atoms with Crippen LogP contribution in [-0.2, 0) is 16.0 Å². The van der Waals surface area contributed by atoms with E-state index in [0.29, 0.717) is 37.9 Å². The molecule has 8 heteroatoms. The number of piperidine rings is 2. The lowest BCUT2D eigenvalue weighted by Crippen LogP contribution is -2.51. The van der Waals surface area contributed by atoms with Gasteiger partial charge in [0.2, 0.25) is 5.91 Å². The van der Waals surface area contributed by atoms with Crippen LogP contribution >= 0.6 is 0 Å². The largest absolute Gasteiger partial charge is 0.497 e. The summed E-state index contributed by atoms with van der Waals surface area (Å²) in [6, 6.07) is 7.18. The topological polar surface area (TPSA) is 91.0 Å². The van der Waals surface area contributed by atoms with Crippen LogP contribution in [0.4, 0.5) is 4.79 Å². The van der Waals surface area contributed by atoms with Crippen LogP contribution in [0.2, 0.25) is 0 Å². The van der Waals surface area contributed by atoms with E-state index in [4.69, 9.17) is 4.74 Å². The van der Waals surface area contributed by atoms with Crippen LogP contribution in [0, 0.1) is 5.92 Å². The van der Waals surface area contributed by atoms with E-state index < -0.39 is 6.04 Å². The molecule has 3 aliphatic rings. The molecule has 180 valence electrons. The number of fused-ring (bicyclic) bond motifs is 1. The minimum atomic E-state index is -0.623. The maximum absolute atomic E-state index is 12.7. The van der Waals surface area contributed by atoms with Gasteiger partial charge in [-0.2, -0.15) is 0 Å². The Morgan fingerprint density at radius 3 is 2.70 bits per heavy atom. The quantitative estimate of drug-likeness (QED) is 0.557. The Morgan fingerprint density at radius 1 is 1.12 bits per heavy atom. The molecule has 3 fully saturated rings. The van der Waals surface area contributed by atoms with Gasteiger partial charge in [0.05, 0.1) is 7.11 Å². The van der Waals surface area contributed by atoms with E-state index >= 15 is 0 Å². The van der Waals surface area contributed by atoms with Gasteiger partial charge in [0.25, 0.3) is 5.91 Å². The van der Waals surface area contributed by atoms with E-state index in [9.17, 15) is 14.4 Å². The molecule has 0 spiro atoms. The van der Waals surface area contributed by atoms with Gasteiger partial charge in [-0.25, -0.2) is 4.79 Å². The molecule has 2 N–H and O–H groups in total. The minimum absolute atomic E-state index is 0.0401. The van der Waals surface area contributed by atoms with E-state index in [1.807, 2.05) is 24.3 Å². The molecule has 0 radical (unpaired) electrons. The number of rotatable bonds is 9. The van der Waals surface area contributed by atoms with Crippen LogP contribution in [0.3, 0.4) is 0 Å². The summed E-state index contributed by atoms with van der Waals surface area (Å²) in [5.74, 6) is 1.00. The van der Waals surface area contributed by atoms with Crippen LogP contribution in [-0.4, -0.2) is 73.0 Å². The summed E-state index contributed by atoms with van der Waals surface area (Å²) in [4.78, 5) is 41.3. The Morgan fingerprint density at radius 2 is 1.91 bits per heavy atom. The second-order valence-electron chi connectivity index (χ2n) is 9.43. The molecule has 1 aromatic carbocycles. The monoisotopic (exact) mass is 456 g/mol. The van der Waals surface area contributed by atoms with Gasteiger partial charge in [-0.05, 0) is 75.2 Å². The molecule has 0 aromatic heterocycles. The molecule has 8 nitrogen and oxygen atoms in total. The predicted octanol–water partition coefficient (Wildman–Crippen LogP) is 2.32. The Hall–Kier alpha value is -2.61. The first-order valence-electron chi connectivity index (χ1n) is 12.3. The van der Waals surface area contributed by atoms with E-state index in [0.717, 1.165) is 11.3 Å². The summed E-state index contributed by atoms with van der Waals surface area (Å²) in [6.07, 6.45) is 7.32. The van der Waals surface area contributed by atoms with Gasteiger partial charge in [0, 0.05) is 25.6 Å². The third-order valence-electron chi connectivity index (χ3n) is 7.34. The number of ether oxygens (including phenoxy) is 1. The number of urea groups is 1. The van der Waals surface area contributed by atoms with Crippen LogP contribution in [0.5, 0.6) is 5.75 Å². The fourth-order valence-electron chi connectivity index (χ4n) is 5.44. The van der Waals surface area contributed by atoms with Crippen molar-refractivity contribution >= 4 is 17.8 Å². The number of benzene rings is 1. The number of nitrogens with one attached hydrogen (secondary N) is 2. The van der Waals surface area contributed by atoms with Gasteiger partial charge in [-0.15, -0.1) is 0 Å². The van der Waals surface area contributed by atoms with Gasteiger partial charge in [-0.3, -0.25) is 14.5 Å². The average Bonchev–Trinajstić information content (AvgIpc) is 3.12. The highest BCUT2D eigenvalue weighted by atomic mass is 16.5. The fourth-order valence-corrected chi connectivity index (χ4v) is 5.44. The standard InChI is InChI=1S/C25H36N4O4/c1-33-20-9-7-18(8-10-20)13-16-29-24(31)21(27-25(29)32)11-12-23(30)26-17-19-5-4-15-28-14-3-2-6-22(19)28/h7-10,19,21-22H,2-6,11-17H2,1H3,(H,26,30)(H,27,32)/t19-,21-,22-/m1/s1. The van der Waals surface area contributed by atoms with E-state index in [2.05, 4.69) is 15.5 Å². The van der Waals surface area contributed by atoms with Crippen molar-refractivity contribution in [1.29, 1.82) is 0 Å². The number of hydrogen-bond acceptors (Lipinski definition) is 5. The van der Waals surface area contributed by atoms with Crippen molar-refractivity contribution in [2.45, 2.75) is 63.5 Å². The average molecular weight is 457 g/mol. The SMILES string of the molecule is COc1ccc(CCN2C(=O)N[C@H](CCC(=O)NC[C@H]3CCCN4CCCC[C@H]34)C2=O)cc1. The zero-order chi connectivity index (χ0) is 23.2. The van der Waals surface area contributed by atoms with Crippen molar-refractivity contribution in [1.82, 2.24) is 20.4 Å². The molecule has 0 unspecified atom stereocenters. The first-order valence-corrected chi connectivity index (χ1v) is 12.3. The first kappa shape index (κ1) is 23.5. The van der Waals surface area contributed by atoms with Crippen LogP contribution in [0.15, 0.2) is 24.3 Å². The van der Waals surface area contributed by atoms with Crippen molar-refractivity contribution in [3.63, 3.8) is 0 Å². The predicted molar refractivity (Wildman–Crippen MR) is 125 cm³/mol. The highest BCUT2D eigenvalue weighted by molar-refractivity contribution is 6.04. The molecular weight excluding hydrogens is 420 g/mol. The number of methoxy groups -OCH3 is 1. The van der Waals surface area contributed by atoms with Gasteiger partial charge in [0.1, 0.15) is 11.8 Å². The number of nitrogens with zero attached hydrogens (tertiary/aromatic N) is 2. The molecule has 4 rings (SSSR count). The molecule has 0 aliphatic carbocycles. The molecule has 0 saturated carbocycles. The Labute approximate surface area is 196 Å². The van der Waals surface area contributed by atoms with Crippen LogP contribution < -0.4 is 15.4 Å². The molecule has 3 saturated heterocycles. The number of amides is 4. The Kier molecular flexibility index (Phi) is 7.85. The second-order valence-corrected chi connectivity index (χ2v) is 9.43. The highest BCUT2D eigenvalue weighted by Crippen LogP contribution is 2.30. The fraction of sp³-hybridized carbons (Fsp3) is 0.640. The van der Waals surface area contributed by atoms with Gasteiger partial charge < -0.3 is 20.3 Å². The van der Waals surface area contributed by atoms with E-state index in [1.54, 1.807) is 7.11 Å². The number of carbonyl (C=O) groups excluding carboxylic acids is 3. The Bertz CT molecular complexity index is 841. The normalized spacial score (nSPS) is 25.5. The molecular formula is C25H36N4O4. The third-order valence-corrected chi connectivity index (χ3v) is 7.34. The lowest BCUT2D eigenvalue weighted by molar-refractivity contribution is -0.127. The summed E-state index contributed by atoms with van der Waals surface area (Å²) < 4.78 is 5.15. The smallest absolute Gasteiger partial charge is 0.324 e. The highest BCUT2D eigenvalue weighted by Gasteiger charge is 2.38. The van der Waals surface area contributed by atoms with E-state index in [-0.39, 0.29) is 24.3 Å². The number of hydrogen-bond donors (Lipinski definition) is 2. The van der Waals surface area contributed by atoms with Gasteiger partial charge in [0.15, 0.2) is 0 Å². The zero-order valence-corrected chi connectivity index (χ0v) is 19.6. The zero-order valence-electron chi connectivity index (χ0n) is 19.6. The summed E-state index contributed by atoms with van der Waals surface area (Å²) >= 11 is 0. The molecule has 1 aromatic rings. The maximum atomic E-state index is 12.7. The molecule has 3 heterocycles. The molecule has 3 aliphatic heterocycles. The Balaban J connectivity index is 1.19. The lowest BCUT2D eigenvalue weighted by atomic mass is 9.83.